The smallest absolute Gasteiger partial charge is 0.264 e. The van der Waals surface area contributed by atoms with Crippen molar-refractivity contribution in [2.24, 2.45) is 0 Å². The Bertz CT molecular complexity index is 1290. The van der Waals surface area contributed by atoms with E-state index in [1.54, 1.807) is 44.6 Å². The lowest BCUT2D eigenvalue weighted by atomic mass is 10.1. The third-order valence-corrected chi connectivity index (χ3v) is 7.47. The van der Waals surface area contributed by atoms with Crippen LogP contribution in [-0.2, 0) is 21.2 Å². The molecule has 0 bridgehead atoms. The Morgan fingerprint density at radius 2 is 1.51 bits per heavy atom. The summed E-state index contributed by atoms with van der Waals surface area (Å²) in [6.45, 7) is 5.70. The van der Waals surface area contributed by atoms with Gasteiger partial charge in [0, 0.05) is 6.54 Å². The Hall–Kier alpha value is -3.52. The van der Waals surface area contributed by atoms with Crippen molar-refractivity contribution in [3.8, 4) is 11.5 Å². The molecule has 0 atom stereocenters. The van der Waals surface area contributed by atoms with E-state index in [-0.39, 0.29) is 17.3 Å². The summed E-state index contributed by atoms with van der Waals surface area (Å²) >= 11 is 0. The van der Waals surface area contributed by atoms with Crippen molar-refractivity contribution in [3.05, 3.63) is 82.9 Å². The number of aryl methyl sites for hydroxylation is 3. The molecule has 3 aromatic carbocycles. The number of carbonyl (C=O) groups excluding carboxylic acids is 1. The molecule has 0 fully saturated rings. The third-order valence-electron chi connectivity index (χ3n) is 5.70. The number of amides is 1. The fourth-order valence-corrected chi connectivity index (χ4v) is 5.28. The van der Waals surface area contributed by atoms with E-state index in [0.717, 1.165) is 22.3 Å². The summed E-state index contributed by atoms with van der Waals surface area (Å²) in [6.07, 6.45) is 0.556. The van der Waals surface area contributed by atoms with E-state index in [0.29, 0.717) is 30.2 Å². The number of benzene rings is 3. The lowest BCUT2D eigenvalue weighted by Crippen LogP contribution is -2.41. The van der Waals surface area contributed by atoms with Crippen molar-refractivity contribution in [3.63, 3.8) is 0 Å². The van der Waals surface area contributed by atoms with Crippen LogP contribution in [0.15, 0.2) is 65.6 Å². The van der Waals surface area contributed by atoms with Gasteiger partial charge in [0.05, 0.1) is 24.8 Å². The summed E-state index contributed by atoms with van der Waals surface area (Å²) in [7, 11) is -0.811. The number of anilines is 1. The predicted octanol–water partition coefficient (Wildman–Crippen LogP) is 4.18. The maximum Gasteiger partial charge on any atom is 0.264 e. The molecule has 7 nitrogen and oxygen atoms in total. The summed E-state index contributed by atoms with van der Waals surface area (Å²) in [5.74, 6) is 0.855. The summed E-state index contributed by atoms with van der Waals surface area (Å²) in [6, 6.07) is 17.7. The maximum atomic E-state index is 13.6. The molecule has 0 radical (unpaired) electrons. The van der Waals surface area contributed by atoms with Crippen LogP contribution in [0.2, 0.25) is 0 Å². The average molecular weight is 497 g/mol. The second kappa shape index (κ2) is 11.3. The summed E-state index contributed by atoms with van der Waals surface area (Å²) in [5.41, 5.74) is 4.18. The van der Waals surface area contributed by atoms with Crippen LogP contribution < -0.4 is 19.1 Å². The fourth-order valence-electron chi connectivity index (χ4n) is 3.79. The topological polar surface area (TPSA) is 84.9 Å². The SMILES string of the molecule is COc1ccc(CCNC(=O)CN(c2ccc(C)cc2C)S(=O)(=O)c2ccc(C)cc2)cc1OC. The molecule has 0 aromatic heterocycles. The van der Waals surface area contributed by atoms with Gasteiger partial charge < -0.3 is 14.8 Å². The monoisotopic (exact) mass is 496 g/mol. The van der Waals surface area contributed by atoms with Gasteiger partial charge in [0.1, 0.15) is 6.54 Å². The van der Waals surface area contributed by atoms with Gasteiger partial charge in [0.15, 0.2) is 11.5 Å². The van der Waals surface area contributed by atoms with Gasteiger partial charge >= 0.3 is 0 Å². The average Bonchev–Trinajstić information content (AvgIpc) is 2.83. The largest absolute Gasteiger partial charge is 0.493 e. The van der Waals surface area contributed by atoms with E-state index < -0.39 is 10.0 Å². The predicted molar refractivity (Wildman–Crippen MR) is 138 cm³/mol. The number of sulfonamides is 1. The van der Waals surface area contributed by atoms with Crippen LogP contribution in [-0.4, -0.2) is 41.6 Å². The van der Waals surface area contributed by atoms with Crippen molar-refractivity contribution >= 4 is 21.6 Å². The van der Waals surface area contributed by atoms with Crippen LogP contribution in [0.1, 0.15) is 22.3 Å². The van der Waals surface area contributed by atoms with Crippen LogP contribution in [0.5, 0.6) is 11.5 Å². The first-order chi connectivity index (χ1) is 16.6. The van der Waals surface area contributed by atoms with Crippen molar-refractivity contribution in [1.29, 1.82) is 0 Å². The molecular formula is C27H32N2O5S. The molecule has 3 aromatic rings. The zero-order valence-corrected chi connectivity index (χ0v) is 21.6. The number of hydrogen-bond acceptors (Lipinski definition) is 5. The standard InChI is InChI=1S/C27H32N2O5S/c1-19-6-10-23(11-7-19)35(31,32)29(24-12-8-20(2)16-21(24)3)18-27(30)28-15-14-22-9-13-25(33-4)26(17-22)34-5/h6-13,16-17H,14-15,18H2,1-5H3,(H,28,30). The lowest BCUT2D eigenvalue weighted by molar-refractivity contribution is -0.119. The zero-order chi connectivity index (χ0) is 25.6. The first-order valence-corrected chi connectivity index (χ1v) is 12.7. The molecule has 0 aliphatic rings. The lowest BCUT2D eigenvalue weighted by Gasteiger charge is -2.26. The Labute approximate surface area is 207 Å². The highest BCUT2D eigenvalue weighted by atomic mass is 32.2. The quantitative estimate of drug-likeness (QED) is 0.455. The first-order valence-electron chi connectivity index (χ1n) is 11.3. The summed E-state index contributed by atoms with van der Waals surface area (Å²) < 4.78 is 38.9. The molecule has 3 rings (SSSR count). The van der Waals surface area contributed by atoms with E-state index in [4.69, 9.17) is 9.47 Å². The molecule has 0 spiro atoms. The molecule has 0 saturated heterocycles. The zero-order valence-electron chi connectivity index (χ0n) is 20.8. The second-order valence-electron chi connectivity index (χ2n) is 8.40. The number of nitrogens with zero attached hydrogens (tertiary/aromatic N) is 1. The van der Waals surface area contributed by atoms with E-state index in [9.17, 15) is 13.2 Å². The fraction of sp³-hybridized carbons (Fsp3) is 0.296. The Balaban J connectivity index is 1.78. The van der Waals surface area contributed by atoms with E-state index in [2.05, 4.69) is 5.32 Å². The van der Waals surface area contributed by atoms with Crippen LogP contribution in [0.4, 0.5) is 5.69 Å². The number of hydrogen-bond donors (Lipinski definition) is 1. The van der Waals surface area contributed by atoms with Gasteiger partial charge in [-0.25, -0.2) is 8.42 Å². The maximum absolute atomic E-state index is 13.6. The first kappa shape index (κ1) is 26.1. The molecule has 0 aliphatic heterocycles. The van der Waals surface area contributed by atoms with Gasteiger partial charge in [-0.3, -0.25) is 9.10 Å². The van der Waals surface area contributed by atoms with Crippen molar-refractivity contribution < 1.29 is 22.7 Å². The van der Waals surface area contributed by atoms with Gasteiger partial charge in [-0.05, 0) is 68.7 Å². The minimum absolute atomic E-state index is 0.140. The molecule has 0 aliphatic carbocycles. The van der Waals surface area contributed by atoms with E-state index >= 15 is 0 Å². The number of ether oxygens (including phenoxy) is 2. The van der Waals surface area contributed by atoms with Crippen LogP contribution in [0.25, 0.3) is 0 Å². The molecule has 186 valence electrons. The Morgan fingerprint density at radius 3 is 2.14 bits per heavy atom. The summed E-state index contributed by atoms with van der Waals surface area (Å²) in [5, 5.41) is 2.84. The van der Waals surface area contributed by atoms with E-state index in [1.807, 2.05) is 51.1 Å². The van der Waals surface area contributed by atoms with E-state index in [1.165, 1.54) is 4.31 Å². The minimum Gasteiger partial charge on any atom is -0.493 e. The van der Waals surface area contributed by atoms with Crippen molar-refractivity contribution in [2.75, 3.05) is 31.6 Å². The third kappa shape index (κ3) is 6.33. The van der Waals surface area contributed by atoms with Crippen LogP contribution in [0.3, 0.4) is 0 Å². The molecule has 0 unspecified atom stereocenters. The number of nitrogens with one attached hydrogen (secondary N) is 1. The molecule has 0 heterocycles. The highest BCUT2D eigenvalue weighted by Gasteiger charge is 2.28. The number of rotatable bonds is 10. The molecule has 1 N–H and O–H groups in total. The second-order valence-corrected chi connectivity index (χ2v) is 10.3. The normalized spacial score (nSPS) is 11.1. The van der Waals surface area contributed by atoms with Crippen molar-refractivity contribution in [2.45, 2.75) is 32.1 Å². The molecule has 0 saturated carbocycles. The van der Waals surface area contributed by atoms with Gasteiger partial charge in [-0.15, -0.1) is 0 Å². The van der Waals surface area contributed by atoms with Gasteiger partial charge in [0.25, 0.3) is 10.0 Å². The molecule has 35 heavy (non-hydrogen) atoms. The van der Waals surface area contributed by atoms with Crippen LogP contribution in [0, 0.1) is 20.8 Å². The Morgan fingerprint density at radius 1 is 0.857 bits per heavy atom. The molecular weight excluding hydrogens is 464 g/mol. The molecule has 1 amide bonds. The highest BCUT2D eigenvalue weighted by molar-refractivity contribution is 7.92. The highest BCUT2D eigenvalue weighted by Crippen LogP contribution is 2.29. The summed E-state index contributed by atoms with van der Waals surface area (Å²) in [4.78, 5) is 13.0. The molecule has 8 heteroatoms. The van der Waals surface area contributed by atoms with Crippen LogP contribution >= 0.6 is 0 Å². The Kier molecular flexibility index (Phi) is 8.40. The van der Waals surface area contributed by atoms with Gasteiger partial charge in [0.2, 0.25) is 5.91 Å². The number of methoxy groups -OCH3 is 2. The minimum atomic E-state index is -3.95. The number of carbonyl (C=O) groups is 1. The van der Waals surface area contributed by atoms with Crippen molar-refractivity contribution in [1.82, 2.24) is 5.32 Å². The van der Waals surface area contributed by atoms with Gasteiger partial charge in [-0.2, -0.15) is 0 Å². The van der Waals surface area contributed by atoms with Gasteiger partial charge in [-0.1, -0.05) is 41.5 Å².